The van der Waals surface area contributed by atoms with Gasteiger partial charge in [0.15, 0.2) is 5.69 Å². The van der Waals surface area contributed by atoms with Gasteiger partial charge in [0.1, 0.15) is 12.4 Å². The van der Waals surface area contributed by atoms with E-state index >= 15 is 0 Å². The van der Waals surface area contributed by atoms with Crippen molar-refractivity contribution in [3.63, 3.8) is 0 Å². The second-order valence-electron chi connectivity index (χ2n) is 1.42. The summed E-state index contributed by atoms with van der Waals surface area (Å²) < 4.78 is 1.18. The van der Waals surface area contributed by atoms with Crippen LogP contribution >= 0.6 is 0 Å². The minimum absolute atomic E-state index is 0.252. The fourth-order valence-corrected chi connectivity index (χ4v) is 0.452. The van der Waals surface area contributed by atoms with Crippen molar-refractivity contribution in [2.75, 3.05) is 0 Å². The molecule has 1 heterocycles. The second-order valence-corrected chi connectivity index (χ2v) is 1.42. The first-order valence-corrected chi connectivity index (χ1v) is 2.25. The van der Waals surface area contributed by atoms with Crippen LogP contribution in [0.25, 0.3) is 0 Å². The highest BCUT2D eigenvalue weighted by Crippen LogP contribution is 1.88. The molecule has 4 nitrogen and oxygen atoms in total. The Labute approximate surface area is 51.4 Å². The van der Waals surface area contributed by atoms with Gasteiger partial charge in [-0.05, 0) is 0 Å². The lowest BCUT2D eigenvalue weighted by molar-refractivity contribution is 0.547. The predicted octanol–water partition coefficient (Wildman–Crippen LogP) is -0.207. The van der Waals surface area contributed by atoms with Gasteiger partial charge in [-0.15, -0.1) is 0 Å². The fraction of sp³-hybridized carbons (Fsp3) is 0. The number of hydrogen-bond acceptors (Lipinski definition) is 3. The summed E-state index contributed by atoms with van der Waals surface area (Å²) in [7, 11) is 0. The van der Waals surface area contributed by atoms with E-state index in [9.17, 15) is 4.79 Å². The van der Waals surface area contributed by atoms with E-state index in [1.54, 1.807) is 6.07 Å². The third-order valence-corrected chi connectivity index (χ3v) is 0.838. The van der Waals surface area contributed by atoms with Gasteiger partial charge in [-0.3, -0.25) is 9.36 Å². The molecule has 1 rings (SSSR count). The molecular formula is C5H3N3O. The molecule has 9 heavy (non-hydrogen) atoms. The van der Waals surface area contributed by atoms with Gasteiger partial charge >= 0.3 is 0 Å². The van der Waals surface area contributed by atoms with Gasteiger partial charge in [0.25, 0.3) is 0 Å². The number of carbonyl (C=O) groups is 1. The molecule has 44 valence electrons. The molecule has 0 aliphatic carbocycles. The van der Waals surface area contributed by atoms with Crippen LogP contribution in [0.5, 0.6) is 0 Å². The molecule has 0 aromatic carbocycles. The number of imidazole rings is 1. The molecule has 0 amide bonds. The molecule has 0 unspecified atom stereocenters. The smallest absolute Gasteiger partial charge is 0.219 e. The second kappa shape index (κ2) is 2.09. The number of hydrogen-bond donors (Lipinski definition) is 0. The van der Waals surface area contributed by atoms with Crippen molar-refractivity contribution in [1.29, 1.82) is 5.26 Å². The zero-order chi connectivity index (χ0) is 6.69. The Balaban J connectivity index is 3.03. The third kappa shape index (κ3) is 0.941. The maximum Gasteiger partial charge on any atom is 0.219 e. The summed E-state index contributed by atoms with van der Waals surface area (Å²) in [5.74, 6) is 0. The minimum Gasteiger partial charge on any atom is -0.278 e. The Hall–Kier alpha value is -1.63. The first-order chi connectivity index (χ1) is 4.36. The zero-order valence-electron chi connectivity index (χ0n) is 4.48. The molecule has 0 radical (unpaired) electrons. The van der Waals surface area contributed by atoms with E-state index < -0.39 is 0 Å². The summed E-state index contributed by atoms with van der Waals surface area (Å²) >= 11 is 0. The predicted molar refractivity (Wildman–Crippen MR) is 29.1 cm³/mol. The van der Waals surface area contributed by atoms with Crippen molar-refractivity contribution in [3.8, 4) is 6.07 Å². The molecule has 0 N–H and O–H groups in total. The third-order valence-electron chi connectivity index (χ3n) is 0.838. The molecule has 0 atom stereocenters. The van der Waals surface area contributed by atoms with Gasteiger partial charge in [-0.1, -0.05) is 0 Å². The molecule has 0 bridgehead atoms. The van der Waals surface area contributed by atoms with Crippen LogP contribution in [0.15, 0.2) is 12.5 Å². The molecule has 0 fully saturated rings. The van der Waals surface area contributed by atoms with Crippen molar-refractivity contribution in [1.82, 2.24) is 9.55 Å². The lowest BCUT2D eigenvalue weighted by Crippen LogP contribution is -1.86. The summed E-state index contributed by atoms with van der Waals surface area (Å²) in [5, 5.41) is 8.20. The zero-order valence-corrected chi connectivity index (χ0v) is 4.48. The molecule has 0 saturated heterocycles. The summed E-state index contributed by atoms with van der Waals surface area (Å²) in [4.78, 5) is 13.5. The Morgan fingerprint density at radius 2 is 2.67 bits per heavy atom. The molecule has 0 aliphatic rings. The standard InChI is InChI=1S/C5H3N3O/c6-1-5-2-8(4-9)3-7-5/h2-4H. The molecule has 0 aliphatic heterocycles. The Kier molecular flexibility index (Phi) is 1.28. The number of rotatable bonds is 1. The van der Waals surface area contributed by atoms with Crippen molar-refractivity contribution in [2.24, 2.45) is 0 Å². The van der Waals surface area contributed by atoms with Crippen LogP contribution in [0.1, 0.15) is 5.69 Å². The molecular weight excluding hydrogens is 118 g/mol. The van der Waals surface area contributed by atoms with Crippen LogP contribution in [0.3, 0.4) is 0 Å². The van der Waals surface area contributed by atoms with Gasteiger partial charge in [0.2, 0.25) is 6.41 Å². The number of aromatic nitrogens is 2. The Morgan fingerprint density at radius 3 is 3.00 bits per heavy atom. The van der Waals surface area contributed by atoms with Gasteiger partial charge in [-0.25, -0.2) is 4.98 Å². The van der Waals surface area contributed by atoms with E-state index in [4.69, 9.17) is 5.26 Å². The average molecular weight is 121 g/mol. The van der Waals surface area contributed by atoms with Gasteiger partial charge in [-0.2, -0.15) is 5.26 Å². The number of nitriles is 1. The quantitative estimate of drug-likeness (QED) is 0.483. The summed E-state index contributed by atoms with van der Waals surface area (Å²) in [6, 6.07) is 1.79. The summed E-state index contributed by atoms with van der Waals surface area (Å²) in [6.07, 6.45) is 3.21. The van der Waals surface area contributed by atoms with Crippen molar-refractivity contribution < 1.29 is 4.79 Å². The number of nitrogens with zero attached hydrogens (tertiary/aromatic N) is 3. The molecule has 4 heteroatoms. The van der Waals surface area contributed by atoms with E-state index in [1.165, 1.54) is 17.1 Å². The Morgan fingerprint density at radius 1 is 1.89 bits per heavy atom. The van der Waals surface area contributed by atoms with Gasteiger partial charge in [0, 0.05) is 6.20 Å². The number of carbonyl (C=O) groups excluding carboxylic acids is 1. The lowest BCUT2D eigenvalue weighted by Gasteiger charge is -1.76. The maximum absolute atomic E-state index is 9.95. The van der Waals surface area contributed by atoms with E-state index in [0.29, 0.717) is 6.41 Å². The minimum atomic E-state index is 0.252. The van der Waals surface area contributed by atoms with Crippen molar-refractivity contribution in [2.45, 2.75) is 0 Å². The van der Waals surface area contributed by atoms with E-state index in [-0.39, 0.29) is 5.69 Å². The highest BCUT2D eigenvalue weighted by Gasteiger charge is 1.91. The lowest BCUT2D eigenvalue weighted by atomic mass is 10.5. The SMILES string of the molecule is N#Cc1cn(C=O)cn1. The Bertz CT molecular complexity index is 257. The summed E-state index contributed by atoms with van der Waals surface area (Å²) in [6.45, 7) is 0. The van der Waals surface area contributed by atoms with E-state index in [1.807, 2.05) is 0 Å². The first kappa shape index (κ1) is 5.51. The highest BCUT2D eigenvalue weighted by molar-refractivity contribution is 5.52. The normalized spacial score (nSPS) is 8.33. The topological polar surface area (TPSA) is 58.7 Å². The van der Waals surface area contributed by atoms with Gasteiger partial charge < -0.3 is 0 Å². The van der Waals surface area contributed by atoms with E-state index in [2.05, 4.69) is 4.98 Å². The van der Waals surface area contributed by atoms with Crippen LogP contribution in [0.4, 0.5) is 0 Å². The van der Waals surface area contributed by atoms with Crippen LogP contribution in [0.2, 0.25) is 0 Å². The van der Waals surface area contributed by atoms with Crippen molar-refractivity contribution >= 4 is 6.41 Å². The van der Waals surface area contributed by atoms with Crippen LogP contribution in [0, 0.1) is 11.3 Å². The largest absolute Gasteiger partial charge is 0.278 e. The fourth-order valence-electron chi connectivity index (χ4n) is 0.452. The van der Waals surface area contributed by atoms with Crippen molar-refractivity contribution in [3.05, 3.63) is 18.2 Å². The van der Waals surface area contributed by atoms with Gasteiger partial charge in [0.05, 0.1) is 0 Å². The monoisotopic (exact) mass is 121 g/mol. The van der Waals surface area contributed by atoms with Crippen LogP contribution in [-0.4, -0.2) is 16.0 Å². The summed E-state index contributed by atoms with van der Waals surface area (Å²) in [5.41, 5.74) is 0.252. The average Bonchev–Trinajstić information content (AvgIpc) is 2.34. The molecule has 0 saturated carbocycles. The highest BCUT2D eigenvalue weighted by atomic mass is 16.1. The first-order valence-electron chi connectivity index (χ1n) is 2.25. The maximum atomic E-state index is 9.95. The van der Waals surface area contributed by atoms with Crippen LogP contribution in [-0.2, 0) is 4.79 Å². The molecule has 0 spiro atoms. The molecule has 1 aromatic rings. The van der Waals surface area contributed by atoms with E-state index in [0.717, 1.165) is 0 Å². The van der Waals surface area contributed by atoms with Crippen LogP contribution < -0.4 is 0 Å². The molecule has 1 aromatic heterocycles.